The van der Waals surface area contributed by atoms with Gasteiger partial charge in [-0.1, -0.05) is 0 Å². The van der Waals surface area contributed by atoms with Crippen LogP contribution in [0.15, 0.2) is 48.7 Å². The molecule has 2 heterocycles. The quantitative estimate of drug-likeness (QED) is 0.677. The first-order valence-corrected chi connectivity index (χ1v) is 10.2. The molecule has 7 heteroatoms. The van der Waals surface area contributed by atoms with Crippen molar-refractivity contribution >= 4 is 28.2 Å². The highest BCUT2D eigenvalue weighted by Gasteiger charge is 2.27. The molecule has 1 saturated heterocycles. The van der Waals surface area contributed by atoms with E-state index in [9.17, 15) is 10.1 Å². The molecule has 1 N–H and O–H groups in total. The molecule has 1 fully saturated rings. The van der Waals surface area contributed by atoms with Crippen molar-refractivity contribution in [3.05, 3.63) is 54.2 Å². The van der Waals surface area contributed by atoms with Crippen LogP contribution in [0.4, 0.5) is 11.4 Å². The first-order chi connectivity index (χ1) is 15.1. The van der Waals surface area contributed by atoms with Gasteiger partial charge in [0.25, 0.3) is 0 Å². The largest absolute Gasteiger partial charge is 0.497 e. The van der Waals surface area contributed by atoms with Crippen molar-refractivity contribution in [3.8, 4) is 17.6 Å². The lowest BCUT2D eigenvalue weighted by Crippen LogP contribution is -2.38. The number of hydrogen-bond acceptors (Lipinski definition) is 6. The van der Waals surface area contributed by atoms with Gasteiger partial charge in [-0.05, 0) is 49.2 Å². The van der Waals surface area contributed by atoms with Crippen LogP contribution in [0.5, 0.6) is 11.5 Å². The molecule has 1 amide bonds. The molecule has 3 aromatic rings. The number of methoxy groups -OCH3 is 2. The van der Waals surface area contributed by atoms with E-state index >= 15 is 0 Å². The SMILES string of the molecule is COc1ccc(NC(=O)C2CCN(c3c(C#N)cnc4cc(OC)ccc34)CC2)cc1. The van der Waals surface area contributed by atoms with Crippen molar-refractivity contribution < 1.29 is 14.3 Å². The van der Waals surface area contributed by atoms with Crippen molar-refractivity contribution in [1.82, 2.24) is 4.98 Å². The Hall–Kier alpha value is -3.79. The molecule has 2 aromatic carbocycles. The van der Waals surface area contributed by atoms with Gasteiger partial charge in [0, 0.05) is 42.3 Å². The van der Waals surface area contributed by atoms with Gasteiger partial charge in [-0.25, -0.2) is 0 Å². The van der Waals surface area contributed by atoms with Crippen LogP contribution in [0.2, 0.25) is 0 Å². The molecule has 0 spiro atoms. The lowest BCUT2D eigenvalue weighted by Gasteiger charge is -2.34. The molecule has 0 bridgehead atoms. The van der Waals surface area contributed by atoms with E-state index in [2.05, 4.69) is 21.3 Å². The fraction of sp³-hybridized carbons (Fsp3) is 0.292. The molecule has 158 valence electrons. The first kappa shape index (κ1) is 20.5. The lowest BCUT2D eigenvalue weighted by molar-refractivity contribution is -0.120. The smallest absolute Gasteiger partial charge is 0.227 e. The summed E-state index contributed by atoms with van der Waals surface area (Å²) in [5.41, 5.74) is 2.96. The fourth-order valence-electron chi connectivity index (χ4n) is 3.99. The van der Waals surface area contributed by atoms with E-state index in [-0.39, 0.29) is 11.8 Å². The van der Waals surface area contributed by atoms with Crippen LogP contribution in [0.1, 0.15) is 18.4 Å². The molecule has 31 heavy (non-hydrogen) atoms. The molecule has 0 saturated carbocycles. The Balaban J connectivity index is 1.48. The van der Waals surface area contributed by atoms with E-state index in [1.807, 2.05) is 42.5 Å². The number of aromatic nitrogens is 1. The number of piperidine rings is 1. The third kappa shape index (κ3) is 4.24. The second kappa shape index (κ2) is 8.92. The van der Waals surface area contributed by atoms with Crippen LogP contribution >= 0.6 is 0 Å². The van der Waals surface area contributed by atoms with Crippen LogP contribution in [-0.2, 0) is 4.79 Å². The Bertz CT molecular complexity index is 1130. The predicted molar refractivity (Wildman–Crippen MR) is 120 cm³/mol. The third-order valence-electron chi connectivity index (χ3n) is 5.71. The van der Waals surface area contributed by atoms with Gasteiger partial charge in [0.1, 0.15) is 17.6 Å². The molecule has 1 aromatic heterocycles. The van der Waals surface area contributed by atoms with E-state index in [4.69, 9.17) is 9.47 Å². The van der Waals surface area contributed by atoms with E-state index in [1.54, 1.807) is 20.4 Å². The van der Waals surface area contributed by atoms with Crippen molar-refractivity contribution in [2.45, 2.75) is 12.8 Å². The van der Waals surface area contributed by atoms with Gasteiger partial charge in [0.2, 0.25) is 5.91 Å². The number of rotatable bonds is 5. The summed E-state index contributed by atoms with van der Waals surface area (Å²) in [6.07, 6.45) is 3.04. The Morgan fingerprint density at radius 3 is 2.42 bits per heavy atom. The zero-order valence-electron chi connectivity index (χ0n) is 17.6. The summed E-state index contributed by atoms with van der Waals surface area (Å²) < 4.78 is 10.5. The first-order valence-electron chi connectivity index (χ1n) is 10.2. The van der Waals surface area contributed by atoms with Crippen LogP contribution in [0.25, 0.3) is 10.9 Å². The zero-order chi connectivity index (χ0) is 21.8. The van der Waals surface area contributed by atoms with Crippen LogP contribution in [0, 0.1) is 17.2 Å². The lowest BCUT2D eigenvalue weighted by atomic mass is 9.94. The van der Waals surface area contributed by atoms with Crippen molar-refractivity contribution in [2.24, 2.45) is 5.92 Å². The summed E-state index contributed by atoms with van der Waals surface area (Å²) in [4.78, 5) is 19.3. The maximum Gasteiger partial charge on any atom is 0.227 e. The van der Waals surface area contributed by atoms with Crippen molar-refractivity contribution in [1.29, 1.82) is 5.26 Å². The molecule has 1 aliphatic rings. The van der Waals surface area contributed by atoms with E-state index < -0.39 is 0 Å². The number of fused-ring (bicyclic) bond motifs is 1. The summed E-state index contributed by atoms with van der Waals surface area (Å²) in [5, 5.41) is 13.5. The van der Waals surface area contributed by atoms with Gasteiger partial charge in [0.05, 0.1) is 31.0 Å². The number of nitrogens with zero attached hydrogens (tertiary/aromatic N) is 3. The summed E-state index contributed by atoms with van der Waals surface area (Å²) in [6.45, 7) is 1.39. The maximum atomic E-state index is 12.7. The molecule has 7 nitrogen and oxygen atoms in total. The summed E-state index contributed by atoms with van der Waals surface area (Å²) in [7, 11) is 3.23. The number of nitrogens with one attached hydrogen (secondary N) is 1. The van der Waals surface area contributed by atoms with E-state index in [1.165, 1.54) is 0 Å². The minimum Gasteiger partial charge on any atom is -0.497 e. The van der Waals surface area contributed by atoms with Gasteiger partial charge in [-0.15, -0.1) is 0 Å². The number of ether oxygens (including phenoxy) is 2. The third-order valence-corrected chi connectivity index (χ3v) is 5.71. The Labute approximate surface area is 181 Å². The second-order valence-corrected chi connectivity index (χ2v) is 7.49. The molecular weight excluding hydrogens is 392 g/mol. The molecule has 0 unspecified atom stereocenters. The highest BCUT2D eigenvalue weighted by Crippen LogP contribution is 2.34. The topological polar surface area (TPSA) is 87.5 Å². The molecular formula is C24H24N4O3. The van der Waals surface area contributed by atoms with Gasteiger partial charge >= 0.3 is 0 Å². The second-order valence-electron chi connectivity index (χ2n) is 7.49. The molecule has 0 radical (unpaired) electrons. The van der Waals surface area contributed by atoms with Crippen LogP contribution in [-0.4, -0.2) is 38.2 Å². The summed E-state index contributed by atoms with van der Waals surface area (Å²) in [5.74, 6) is 1.43. The standard InChI is InChI=1S/C24H24N4O3/c1-30-19-5-3-18(4-6-19)27-24(29)16-9-11-28(12-10-16)23-17(14-25)15-26-22-13-20(31-2)7-8-21(22)23/h3-8,13,15-16H,9-12H2,1-2H3,(H,27,29). The van der Waals surface area contributed by atoms with Gasteiger partial charge in [-0.3, -0.25) is 9.78 Å². The average molecular weight is 416 g/mol. The highest BCUT2D eigenvalue weighted by atomic mass is 16.5. The molecule has 0 atom stereocenters. The molecule has 4 rings (SSSR count). The van der Waals surface area contributed by atoms with Gasteiger partial charge < -0.3 is 19.7 Å². The normalized spacial score (nSPS) is 14.2. The zero-order valence-corrected chi connectivity index (χ0v) is 17.6. The van der Waals surface area contributed by atoms with Gasteiger partial charge in [0.15, 0.2) is 0 Å². The fourth-order valence-corrected chi connectivity index (χ4v) is 3.99. The van der Waals surface area contributed by atoms with Crippen molar-refractivity contribution in [2.75, 3.05) is 37.5 Å². The Kier molecular flexibility index (Phi) is 5.89. The molecule has 1 aliphatic heterocycles. The Morgan fingerprint density at radius 1 is 1.10 bits per heavy atom. The predicted octanol–water partition coefficient (Wildman–Crippen LogP) is 3.98. The van der Waals surface area contributed by atoms with E-state index in [0.29, 0.717) is 31.5 Å². The number of nitriles is 1. The highest BCUT2D eigenvalue weighted by molar-refractivity contribution is 5.96. The Morgan fingerprint density at radius 2 is 1.77 bits per heavy atom. The monoisotopic (exact) mass is 416 g/mol. The number of benzene rings is 2. The maximum absolute atomic E-state index is 12.7. The van der Waals surface area contributed by atoms with Crippen molar-refractivity contribution in [3.63, 3.8) is 0 Å². The number of carbonyl (C=O) groups is 1. The number of amides is 1. The van der Waals surface area contributed by atoms with Crippen LogP contribution in [0.3, 0.4) is 0 Å². The molecule has 0 aliphatic carbocycles. The summed E-state index contributed by atoms with van der Waals surface area (Å²) >= 11 is 0. The number of carbonyl (C=O) groups excluding carboxylic acids is 1. The van der Waals surface area contributed by atoms with Gasteiger partial charge in [-0.2, -0.15) is 5.26 Å². The summed E-state index contributed by atoms with van der Waals surface area (Å²) in [6, 6.07) is 15.3. The minimum absolute atomic E-state index is 0.0228. The minimum atomic E-state index is -0.0721. The van der Waals surface area contributed by atoms with Crippen LogP contribution < -0.4 is 19.7 Å². The van der Waals surface area contributed by atoms with E-state index in [0.717, 1.165) is 33.8 Å². The number of pyridine rings is 1. The number of anilines is 2. The average Bonchev–Trinajstić information content (AvgIpc) is 2.83. The number of hydrogen-bond donors (Lipinski definition) is 1.